The minimum absolute atomic E-state index is 0.0260. The number of hydrogen-bond donors (Lipinski definition) is 1. The summed E-state index contributed by atoms with van der Waals surface area (Å²) in [4.78, 5) is 3.58. The Bertz CT molecular complexity index is 449. The van der Waals surface area contributed by atoms with Gasteiger partial charge in [-0.3, -0.25) is 0 Å². The summed E-state index contributed by atoms with van der Waals surface area (Å²) in [5.41, 5.74) is 0.915. The molecule has 0 saturated carbocycles. The van der Waals surface area contributed by atoms with Crippen molar-refractivity contribution in [3.63, 3.8) is 0 Å². The van der Waals surface area contributed by atoms with Crippen LogP contribution in [0.25, 0.3) is 0 Å². The predicted molar refractivity (Wildman–Crippen MR) is 66.7 cm³/mol. The fraction of sp³-hybridized carbons (Fsp3) is 0.273. The Balaban J connectivity index is 2.85. The molecule has 1 rings (SSSR count). The molecule has 0 saturated heterocycles. The Hall–Kier alpha value is -1.24. The first-order chi connectivity index (χ1) is 7.54. The van der Waals surface area contributed by atoms with Gasteiger partial charge < -0.3 is 5.32 Å². The molecule has 0 amide bonds. The minimum atomic E-state index is -0.0260. The summed E-state index contributed by atoms with van der Waals surface area (Å²) in [7, 11) is 0. The summed E-state index contributed by atoms with van der Waals surface area (Å²) in [5.74, 6) is 0.556. The average Bonchev–Trinajstić information content (AvgIpc) is 2.17. The highest BCUT2D eigenvalue weighted by Crippen LogP contribution is 2.25. The van der Waals surface area contributed by atoms with Crippen LogP contribution in [0.5, 0.6) is 0 Å². The summed E-state index contributed by atoms with van der Waals surface area (Å²) in [6.07, 6.45) is 1.72. The Morgan fingerprint density at radius 1 is 1.50 bits per heavy atom. The molecule has 0 spiro atoms. The Morgan fingerprint density at radius 3 is 2.75 bits per heavy atom. The maximum Gasteiger partial charge on any atom is 0.207 e. The third-order valence-electron chi connectivity index (χ3n) is 2.07. The van der Waals surface area contributed by atoms with E-state index in [2.05, 4.69) is 10.3 Å². The van der Waals surface area contributed by atoms with Gasteiger partial charge in [-0.2, -0.15) is 10.3 Å². The number of halogens is 2. The number of rotatable bonds is 2. The highest BCUT2D eigenvalue weighted by molar-refractivity contribution is 6.35. The monoisotopic (exact) mass is 255 g/mol. The van der Waals surface area contributed by atoms with E-state index in [9.17, 15) is 0 Å². The van der Waals surface area contributed by atoms with E-state index in [0.717, 1.165) is 5.56 Å². The first-order valence-corrected chi connectivity index (χ1v) is 5.45. The third kappa shape index (κ3) is 3.41. The topological polar surface area (TPSA) is 48.2 Å². The highest BCUT2D eigenvalue weighted by Gasteiger charge is 2.09. The fourth-order valence-electron chi connectivity index (χ4n) is 1.35. The van der Waals surface area contributed by atoms with Gasteiger partial charge in [0.1, 0.15) is 5.84 Å². The van der Waals surface area contributed by atoms with Crippen molar-refractivity contribution < 1.29 is 0 Å². The second-order valence-corrected chi connectivity index (χ2v) is 4.17. The maximum atomic E-state index is 8.39. The van der Waals surface area contributed by atoms with Gasteiger partial charge >= 0.3 is 0 Å². The van der Waals surface area contributed by atoms with Crippen LogP contribution >= 0.6 is 23.2 Å². The summed E-state index contributed by atoms with van der Waals surface area (Å²) < 4.78 is 0. The molecular formula is C11H11Cl2N3. The number of nitriles is 1. The lowest BCUT2D eigenvalue weighted by atomic mass is 10.1. The largest absolute Gasteiger partial charge is 0.366 e. The summed E-state index contributed by atoms with van der Waals surface area (Å²) in [6.45, 7) is 3.66. The Kier molecular flexibility index (Phi) is 4.60. The first kappa shape index (κ1) is 12.8. The van der Waals surface area contributed by atoms with Gasteiger partial charge in [0.15, 0.2) is 0 Å². The van der Waals surface area contributed by atoms with Crippen LogP contribution < -0.4 is 5.32 Å². The van der Waals surface area contributed by atoms with Crippen LogP contribution in [0.3, 0.4) is 0 Å². The van der Waals surface area contributed by atoms with E-state index < -0.39 is 0 Å². The summed E-state index contributed by atoms with van der Waals surface area (Å²) >= 11 is 11.9. The van der Waals surface area contributed by atoms with Crippen molar-refractivity contribution in [2.24, 2.45) is 4.99 Å². The van der Waals surface area contributed by atoms with Crippen LogP contribution in [0, 0.1) is 11.5 Å². The van der Waals surface area contributed by atoms with Crippen LogP contribution in [-0.4, -0.2) is 5.84 Å². The molecule has 1 atom stereocenters. The van der Waals surface area contributed by atoms with Gasteiger partial charge in [-0.1, -0.05) is 29.3 Å². The van der Waals surface area contributed by atoms with E-state index in [-0.39, 0.29) is 6.04 Å². The third-order valence-corrected chi connectivity index (χ3v) is 2.63. The molecule has 1 unspecified atom stereocenters. The molecule has 1 aromatic rings. The first-order valence-electron chi connectivity index (χ1n) is 4.69. The zero-order valence-corrected chi connectivity index (χ0v) is 10.5. The highest BCUT2D eigenvalue weighted by atomic mass is 35.5. The van der Waals surface area contributed by atoms with Gasteiger partial charge in [-0.25, -0.2) is 0 Å². The molecule has 0 aliphatic heterocycles. The van der Waals surface area contributed by atoms with Crippen molar-refractivity contribution in [2.45, 2.75) is 19.9 Å². The van der Waals surface area contributed by atoms with Gasteiger partial charge in [0, 0.05) is 10.0 Å². The molecule has 0 heterocycles. The van der Waals surface area contributed by atoms with E-state index in [1.807, 2.05) is 13.0 Å². The smallest absolute Gasteiger partial charge is 0.207 e. The van der Waals surface area contributed by atoms with Crippen molar-refractivity contribution in [3.05, 3.63) is 33.8 Å². The van der Waals surface area contributed by atoms with Gasteiger partial charge in [0.05, 0.1) is 6.04 Å². The normalized spacial score (nSPS) is 13.1. The standard InChI is InChI=1S/C11H11Cl2N3/c1-7(16-8(2)15-6-14)10-4-3-9(12)5-11(10)13/h3-5,7H,1-2H3,(H,15,16). The van der Waals surface area contributed by atoms with Gasteiger partial charge in [-0.05, 0) is 31.5 Å². The molecule has 0 aromatic heterocycles. The maximum absolute atomic E-state index is 8.39. The van der Waals surface area contributed by atoms with Crippen molar-refractivity contribution >= 4 is 29.0 Å². The molecule has 1 N–H and O–H groups in total. The van der Waals surface area contributed by atoms with Crippen molar-refractivity contribution in [3.8, 4) is 6.19 Å². The molecule has 0 aliphatic rings. The van der Waals surface area contributed by atoms with Gasteiger partial charge in [-0.15, -0.1) is 0 Å². The van der Waals surface area contributed by atoms with E-state index in [4.69, 9.17) is 28.5 Å². The SMILES string of the molecule is C/C(=N\C#N)NC(C)c1ccc(Cl)cc1Cl. The molecule has 0 bridgehead atoms. The van der Waals surface area contributed by atoms with E-state index in [1.54, 1.807) is 25.2 Å². The molecule has 0 fully saturated rings. The molecule has 5 heteroatoms. The number of aliphatic imine (C=N–C) groups is 1. The lowest BCUT2D eigenvalue weighted by Crippen LogP contribution is -2.24. The molecule has 1 aromatic carbocycles. The lowest BCUT2D eigenvalue weighted by molar-refractivity contribution is 0.715. The summed E-state index contributed by atoms with van der Waals surface area (Å²) in [5, 5.41) is 12.6. The Labute approximate surface area is 105 Å². The lowest BCUT2D eigenvalue weighted by Gasteiger charge is -2.16. The second kappa shape index (κ2) is 5.74. The fourth-order valence-corrected chi connectivity index (χ4v) is 1.92. The van der Waals surface area contributed by atoms with Crippen LogP contribution in [0.1, 0.15) is 25.5 Å². The van der Waals surface area contributed by atoms with Crippen LogP contribution in [-0.2, 0) is 0 Å². The predicted octanol–water partition coefficient (Wildman–Crippen LogP) is 3.54. The van der Waals surface area contributed by atoms with E-state index in [0.29, 0.717) is 15.9 Å². The average molecular weight is 256 g/mol. The number of amidine groups is 1. The second-order valence-electron chi connectivity index (χ2n) is 3.33. The Morgan fingerprint density at radius 2 is 2.19 bits per heavy atom. The number of hydrogen-bond acceptors (Lipinski definition) is 2. The van der Waals surface area contributed by atoms with Gasteiger partial charge in [0.25, 0.3) is 0 Å². The number of nitrogens with zero attached hydrogens (tertiary/aromatic N) is 2. The molecule has 16 heavy (non-hydrogen) atoms. The number of benzene rings is 1. The van der Waals surface area contributed by atoms with Crippen molar-refractivity contribution in [1.82, 2.24) is 5.32 Å². The van der Waals surface area contributed by atoms with E-state index in [1.165, 1.54) is 0 Å². The molecule has 0 aliphatic carbocycles. The molecule has 3 nitrogen and oxygen atoms in total. The number of nitrogens with one attached hydrogen (secondary N) is 1. The minimum Gasteiger partial charge on any atom is -0.366 e. The quantitative estimate of drug-likeness (QED) is 0.499. The zero-order valence-electron chi connectivity index (χ0n) is 8.96. The molecule has 0 radical (unpaired) electrons. The summed E-state index contributed by atoms with van der Waals surface area (Å²) in [6, 6.07) is 5.29. The van der Waals surface area contributed by atoms with Crippen LogP contribution in [0.2, 0.25) is 10.0 Å². The van der Waals surface area contributed by atoms with Crippen LogP contribution in [0.15, 0.2) is 23.2 Å². The van der Waals surface area contributed by atoms with Crippen molar-refractivity contribution in [2.75, 3.05) is 0 Å². The molecular weight excluding hydrogens is 245 g/mol. The zero-order chi connectivity index (χ0) is 12.1. The van der Waals surface area contributed by atoms with Crippen LogP contribution in [0.4, 0.5) is 0 Å². The molecule has 84 valence electrons. The van der Waals surface area contributed by atoms with E-state index >= 15 is 0 Å². The van der Waals surface area contributed by atoms with Crippen molar-refractivity contribution in [1.29, 1.82) is 5.26 Å². The van der Waals surface area contributed by atoms with Gasteiger partial charge in [0.2, 0.25) is 6.19 Å².